The maximum Gasteiger partial charge on any atom is 0.328 e. The maximum atomic E-state index is 12.4. The second kappa shape index (κ2) is 7.32. The highest BCUT2D eigenvalue weighted by Crippen LogP contribution is 2.18. The molecule has 1 aromatic carbocycles. The van der Waals surface area contributed by atoms with Crippen LogP contribution in [0.3, 0.4) is 0 Å². The Morgan fingerprint density at radius 2 is 2.07 bits per heavy atom. The van der Waals surface area contributed by atoms with Gasteiger partial charge in [0.1, 0.15) is 11.3 Å². The zero-order chi connectivity index (χ0) is 19.6. The fourth-order valence-corrected chi connectivity index (χ4v) is 2.54. The summed E-state index contributed by atoms with van der Waals surface area (Å²) < 4.78 is 8.01. The molecule has 0 aliphatic rings. The first kappa shape index (κ1) is 18.2. The molecule has 27 heavy (non-hydrogen) atoms. The summed E-state index contributed by atoms with van der Waals surface area (Å²) >= 11 is 0. The van der Waals surface area contributed by atoms with Crippen molar-refractivity contribution < 1.29 is 9.53 Å². The molecular formula is C18H19N5O4. The van der Waals surface area contributed by atoms with Crippen molar-refractivity contribution in [1.82, 2.24) is 24.6 Å². The molecule has 2 heterocycles. The summed E-state index contributed by atoms with van der Waals surface area (Å²) in [4.78, 5) is 37.7. The summed E-state index contributed by atoms with van der Waals surface area (Å²) in [6, 6.07) is 7.01. The highest BCUT2D eigenvalue weighted by Gasteiger charge is 2.17. The molecule has 3 rings (SSSR count). The molecule has 2 aromatic heterocycles. The number of ether oxygens (including phenoxy) is 1. The summed E-state index contributed by atoms with van der Waals surface area (Å²) in [5.74, 6) is 0.133. The number of benzene rings is 1. The van der Waals surface area contributed by atoms with Crippen LogP contribution in [0.4, 0.5) is 0 Å². The van der Waals surface area contributed by atoms with E-state index >= 15 is 0 Å². The molecule has 2 N–H and O–H groups in total. The molecule has 3 aromatic rings. The minimum absolute atomic E-state index is 0.135. The third-order valence-electron chi connectivity index (χ3n) is 4.12. The topological polar surface area (TPSA) is 111 Å². The Hall–Kier alpha value is -3.62. The van der Waals surface area contributed by atoms with E-state index in [9.17, 15) is 14.4 Å². The third-order valence-corrected chi connectivity index (χ3v) is 4.12. The minimum atomic E-state index is -0.727. The predicted molar refractivity (Wildman–Crippen MR) is 98.3 cm³/mol. The van der Waals surface area contributed by atoms with E-state index in [2.05, 4.69) is 15.4 Å². The van der Waals surface area contributed by atoms with Crippen molar-refractivity contribution in [2.75, 3.05) is 7.11 Å². The normalized spacial score (nSPS) is 11.8. The largest absolute Gasteiger partial charge is 0.497 e. The molecule has 0 unspecified atom stereocenters. The number of aryl methyl sites for hydroxylation is 1. The third kappa shape index (κ3) is 3.81. The van der Waals surface area contributed by atoms with Crippen molar-refractivity contribution in [2.45, 2.75) is 13.0 Å². The van der Waals surface area contributed by atoms with Crippen molar-refractivity contribution in [3.05, 3.63) is 74.8 Å². The Balaban J connectivity index is 1.79. The summed E-state index contributed by atoms with van der Waals surface area (Å²) in [6.45, 7) is 1.78. The van der Waals surface area contributed by atoms with E-state index in [-0.39, 0.29) is 5.56 Å². The second-order valence-corrected chi connectivity index (χ2v) is 6.03. The zero-order valence-corrected chi connectivity index (χ0v) is 15.1. The number of hydrogen-bond donors (Lipinski definition) is 2. The first-order chi connectivity index (χ1) is 12.9. The van der Waals surface area contributed by atoms with E-state index in [1.165, 1.54) is 13.2 Å². The number of nitrogens with one attached hydrogen (secondary N) is 2. The SMILES string of the molecule is COc1cccc(-n2cc([C@@H](C)NC(=O)c3cn(C)c(=O)[nH]c3=O)cn2)c1. The molecule has 1 amide bonds. The molecule has 0 aliphatic heterocycles. The lowest BCUT2D eigenvalue weighted by Gasteiger charge is -2.12. The van der Waals surface area contributed by atoms with Gasteiger partial charge in [-0.2, -0.15) is 5.10 Å². The van der Waals surface area contributed by atoms with Crippen LogP contribution in [-0.4, -0.2) is 32.3 Å². The Morgan fingerprint density at radius 3 is 2.81 bits per heavy atom. The summed E-state index contributed by atoms with van der Waals surface area (Å²) in [5, 5.41) is 7.04. The van der Waals surface area contributed by atoms with Crippen molar-refractivity contribution in [1.29, 1.82) is 0 Å². The number of methoxy groups -OCH3 is 1. The van der Waals surface area contributed by atoms with Crippen LogP contribution in [0.2, 0.25) is 0 Å². The smallest absolute Gasteiger partial charge is 0.328 e. The van der Waals surface area contributed by atoms with Gasteiger partial charge in [-0.1, -0.05) is 6.07 Å². The van der Waals surface area contributed by atoms with Crippen molar-refractivity contribution in [2.24, 2.45) is 7.05 Å². The summed E-state index contributed by atoms with van der Waals surface area (Å²) in [6.07, 6.45) is 4.63. The van der Waals surface area contributed by atoms with Gasteiger partial charge in [-0.3, -0.25) is 14.6 Å². The highest BCUT2D eigenvalue weighted by atomic mass is 16.5. The van der Waals surface area contributed by atoms with Crippen LogP contribution in [0, 0.1) is 0 Å². The summed E-state index contributed by atoms with van der Waals surface area (Å²) in [5.41, 5.74) is 0.129. The molecule has 1 atom stereocenters. The molecule has 140 valence electrons. The van der Waals surface area contributed by atoms with Crippen molar-refractivity contribution in [3.8, 4) is 11.4 Å². The van der Waals surface area contributed by atoms with Gasteiger partial charge in [0.25, 0.3) is 11.5 Å². The minimum Gasteiger partial charge on any atom is -0.497 e. The van der Waals surface area contributed by atoms with E-state index in [4.69, 9.17) is 4.74 Å². The molecule has 9 nitrogen and oxygen atoms in total. The average Bonchev–Trinajstić information content (AvgIpc) is 3.15. The highest BCUT2D eigenvalue weighted by molar-refractivity contribution is 5.93. The second-order valence-electron chi connectivity index (χ2n) is 6.03. The van der Waals surface area contributed by atoms with Crippen molar-refractivity contribution >= 4 is 5.91 Å². The van der Waals surface area contributed by atoms with Crippen LogP contribution in [0.1, 0.15) is 28.9 Å². The number of amides is 1. The van der Waals surface area contributed by atoms with E-state index in [1.807, 2.05) is 24.3 Å². The van der Waals surface area contributed by atoms with Crippen LogP contribution in [0.15, 0.2) is 52.4 Å². The number of carbonyl (C=O) groups is 1. The molecule has 0 radical (unpaired) electrons. The van der Waals surface area contributed by atoms with E-state index in [1.54, 1.807) is 31.1 Å². The van der Waals surface area contributed by atoms with Gasteiger partial charge in [0.2, 0.25) is 0 Å². The van der Waals surface area contributed by atoms with Gasteiger partial charge < -0.3 is 14.6 Å². The quantitative estimate of drug-likeness (QED) is 0.690. The molecule has 0 saturated carbocycles. The fourth-order valence-electron chi connectivity index (χ4n) is 2.54. The van der Waals surface area contributed by atoms with Gasteiger partial charge >= 0.3 is 5.69 Å². The first-order valence-corrected chi connectivity index (χ1v) is 8.19. The lowest BCUT2D eigenvalue weighted by molar-refractivity contribution is 0.0937. The van der Waals surface area contributed by atoms with Crippen molar-refractivity contribution in [3.63, 3.8) is 0 Å². The number of nitrogens with zero attached hydrogens (tertiary/aromatic N) is 3. The van der Waals surface area contributed by atoms with E-state index < -0.39 is 23.2 Å². The van der Waals surface area contributed by atoms with Crippen LogP contribution in [0.5, 0.6) is 5.75 Å². The molecule has 0 bridgehead atoms. The van der Waals surface area contributed by atoms with E-state index in [0.717, 1.165) is 15.8 Å². The average molecular weight is 369 g/mol. The number of aromatic amines is 1. The van der Waals surface area contributed by atoms with Gasteiger partial charge in [-0.05, 0) is 19.1 Å². The standard InChI is InChI=1S/C18H19N5O4/c1-11(20-16(24)15-10-22(2)18(26)21-17(15)25)12-8-19-23(9-12)13-5-4-6-14(7-13)27-3/h4-11H,1-3H3,(H,20,24)(H,21,25,26)/t11-/m1/s1. The van der Waals surface area contributed by atoms with Crippen LogP contribution < -0.4 is 21.3 Å². The number of H-pyrrole nitrogens is 1. The molecule has 0 spiro atoms. The summed E-state index contributed by atoms with van der Waals surface area (Å²) in [7, 11) is 3.04. The Morgan fingerprint density at radius 1 is 1.30 bits per heavy atom. The maximum absolute atomic E-state index is 12.4. The van der Waals surface area contributed by atoms with Gasteiger partial charge in [0.05, 0.1) is 25.0 Å². The number of carbonyl (C=O) groups excluding carboxylic acids is 1. The Labute approximate surface area is 154 Å². The molecule has 0 saturated heterocycles. The molecule has 9 heteroatoms. The van der Waals surface area contributed by atoms with Gasteiger partial charge in [0.15, 0.2) is 0 Å². The Bertz CT molecular complexity index is 1100. The Kier molecular flexibility index (Phi) is 4.93. The van der Waals surface area contributed by atoms with Crippen LogP contribution in [-0.2, 0) is 7.05 Å². The number of aromatic nitrogens is 4. The monoisotopic (exact) mass is 369 g/mol. The molecular weight excluding hydrogens is 350 g/mol. The first-order valence-electron chi connectivity index (χ1n) is 8.19. The number of hydrogen-bond acceptors (Lipinski definition) is 5. The lowest BCUT2D eigenvalue weighted by atomic mass is 10.2. The van der Waals surface area contributed by atoms with Crippen LogP contribution in [0.25, 0.3) is 5.69 Å². The van der Waals surface area contributed by atoms with Crippen LogP contribution >= 0.6 is 0 Å². The molecule has 0 aliphatic carbocycles. The predicted octanol–water partition coefficient (Wildman–Crippen LogP) is 0.759. The molecule has 0 fully saturated rings. The van der Waals surface area contributed by atoms with Gasteiger partial charge in [-0.25, -0.2) is 9.48 Å². The van der Waals surface area contributed by atoms with E-state index in [0.29, 0.717) is 5.75 Å². The fraction of sp³-hybridized carbons (Fsp3) is 0.222. The van der Waals surface area contributed by atoms with Gasteiger partial charge in [0, 0.05) is 31.1 Å². The van der Waals surface area contributed by atoms with Gasteiger partial charge in [-0.15, -0.1) is 0 Å². The number of rotatable bonds is 5. The zero-order valence-electron chi connectivity index (χ0n) is 15.1. The lowest BCUT2D eigenvalue weighted by Crippen LogP contribution is -2.36.